The van der Waals surface area contributed by atoms with E-state index in [0.717, 1.165) is 16.9 Å². The lowest BCUT2D eigenvalue weighted by Gasteiger charge is -2.08. The van der Waals surface area contributed by atoms with Gasteiger partial charge >= 0.3 is 0 Å². The van der Waals surface area contributed by atoms with Gasteiger partial charge in [0.25, 0.3) is 0 Å². The summed E-state index contributed by atoms with van der Waals surface area (Å²) in [5, 5.41) is -0.291. The summed E-state index contributed by atoms with van der Waals surface area (Å²) in [5.41, 5.74) is 2.15. The number of carbonyl (C=O) groups excluding carboxylic acids is 1. The second-order valence-electron chi connectivity index (χ2n) is 4.81. The fourth-order valence-corrected chi connectivity index (χ4v) is 1.86. The van der Waals surface area contributed by atoms with Crippen LogP contribution in [0, 0.1) is 0 Å². The van der Waals surface area contributed by atoms with E-state index in [1.165, 1.54) is 0 Å². The van der Waals surface area contributed by atoms with Crippen LogP contribution in [0.4, 0.5) is 0 Å². The van der Waals surface area contributed by atoms with Gasteiger partial charge in [0.15, 0.2) is 5.78 Å². The molecular weight excluding hydrogens is 298 g/mol. The molecule has 0 amide bonds. The predicted octanol–water partition coefficient (Wildman–Crippen LogP) is 3.03. The molecule has 0 aliphatic carbocycles. The summed E-state index contributed by atoms with van der Waals surface area (Å²) in [4.78, 5) is 15.4. The first-order chi connectivity index (χ1) is 10.7. The molecule has 2 aromatic rings. The number of pyridine rings is 1. The van der Waals surface area contributed by atoms with Crippen molar-refractivity contribution in [3.63, 3.8) is 0 Å². The summed E-state index contributed by atoms with van der Waals surface area (Å²) >= 11 is 4.05. The minimum atomic E-state index is -0.291. The molecule has 0 radical (unpaired) electrons. The number of rotatable bonds is 8. The van der Waals surface area contributed by atoms with Crippen molar-refractivity contribution in [2.24, 2.45) is 0 Å². The van der Waals surface area contributed by atoms with E-state index in [1.54, 1.807) is 13.1 Å². The third-order valence-electron chi connectivity index (χ3n) is 3.06. The number of ketones is 1. The molecule has 2 rings (SSSR count). The Hall–Kier alpha value is -1.85. The molecule has 116 valence electrons. The van der Waals surface area contributed by atoms with Crippen LogP contribution in [0.3, 0.4) is 0 Å². The summed E-state index contributed by atoms with van der Waals surface area (Å²) in [7, 11) is 0. The van der Waals surface area contributed by atoms with Crippen molar-refractivity contribution in [2.75, 3.05) is 19.8 Å². The normalized spacial score (nSPS) is 11.9. The zero-order valence-corrected chi connectivity index (χ0v) is 13.3. The molecular formula is C17H19NO3S. The third kappa shape index (κ3) is 5.16. The molecule has 0 saturated carbocycles. The van der Waals surface area contributed by atoms with Crippen LogP contribution in [0.5, 0.6) is 5.75 Å². The van der Waals surface area contributed by atoms with Crippen LogP contribution in [0.1, 0.15) is 6.92 Å². The molecule has 0 N–H and O–H groups in total. The number of hydrogen-bond donors (Lipinski definition) is 1. The van der Waals surface area contributed by atoms with Crippen LogP contribution in [0.2, 0.25) is 0 Å². The van der Waals surface area contributed by atoms with Gasteiger partial charge in [-0.05, 0) is 36.2 Å². The van der Waals surface area contributed by atoms with Gasteiger partial charge in [0, 0.05) is 12.4 Å². The molecule has 5 heteroatoms. The number of hydrogen-bond acceptors (Lipinski definition) is 5. The molecule has 1 aromatic heterocycles. The van der Waals surface area contributed by atoms with E-state index in [2.05, 4.69) is 17.6 Å². The summed E-state index contributed by atoms with van der Waals surface area (Å²) in [5.74, 6) is 0.745. The quantitative estimate of drug-likeness (QED) is 0.600. The summed E-state index contributed by atoms with van der Waals surface area (Å²) in [6, 6.07) is 11.7. The molecule has 0 saturated heterocycles. The van der Waals surface area contributed by atoms with Crippen LogP contribution in [0.15, 0.2) is 48.8 Å². The second-order valence-corrected chi connectivity index (χ2v) is 5.58. The van der Waals surface area contributed by atoms with Crippen LogP contribution in [0.25, 0.3) is 11.1 Å². The Labute approximate surface area is 135 Å². The summed E-state index contributed by atoms with van der Waals surface area (Å²) in [6.07, 6.45) is 3.57. The van der Waals surface area contributed by atoms with Crippen molar-refractivity contribution >= 4 is 18.4 Å². The third-order valence-corrected chi connectivity index (χ3v) is 3.34. The number of thiol groups is 1. The van der Waals surface area contributed by atoms with E-state index in [4.69, 9.17) is 9.47 Å². The Morgan fingerprint density at radius 1 is 1.18 bits per heavy atom. The maximum atomic E-state index is 11.3. The Bertz CT molecular complexity index is 585. The van der Waals surface area contributed by atoms with Gasteiger partial charge in [-0.2, -0.15) is 12.6 Å². The van der Waals surface area contributed by atoms with E-state index >= 15 is 0 Å². The molecule has 1 atom stereocenters. The SMILES string of the molecule is CC(S)C(=O)COCCOc1ccc(-c2cccnc2)cc1. The smallest absolute Gasteiger partial charge is 0.170 e. The van der Waals surface area contributed by atoms with E-state index in [0.29, 0.717) is 13.2 Å². The Morgan fingerprint density at radius 3 is 2.59 bits per heavy atom. The number of aromatic nitrogens is 1. The van der Waals surface area contributed by atoms with E-state index in [1.807, 2.05) is 42.6 Å². The molecule has 4 nitrogen and oxygen atoms in total. The lowest BCUT2D eigenvalue weighted by atomic mass is 10.1. The predicted molar refractivity (Wildman–Crippen MR) is 89.4 cm³/mol. The van der Waals surface area contributed by atoms with Gasteiger partial charge in [-0.1, -0.05) is 18.2 Å². The highest BCUT2D eigenvalue weighted by Gasteiger charge is 2.07. The van der Waals surface area contributed by atoms with Crippen LogP contribution in [-0.4, -0.2) is 35.8 Å². The number of nitrogens with zero attached hydrogens (tertiary/aromatic N) is 1. The van der Waals surface area contributed by atoms with Gasteiger partial charge < -0.3 is 9.47 Å². The lowest BCUT2D eigenvalue weighted by molar-refractivity contribution is -0.122. The standard InChI is InChI=1S/C17H19NO3S/c1-13(22)17(19)12-20-9-10-21-16-6-4-14(5-7-16)15-3-2-8-18-11-15/h2-8,11,13,22H,9-10,12H2,1H3. The van der Waals surface area contributed by atoms with Crippen LogP contribution >= 0.6 is 12.6 Å². The van der Waals surface area contributed by atoms with Gasteiger partial charge in [0.2, 0.25) is 0 Å². The first-order valence-electron chi connectivity index (χ1n) is 7.08. The van der Waals surface area contributed by atoms with Crippen LogP contribution in [-0.2, 0) is 9.53 Å². The van der Waals surface area contributed by atoms with E-state index in [9.17, 15) is 4.79 Å². The second kappa shape index (κ2) is 8.56. The van der Waals surface area contributed by atoms with Crippen LogP contribution < -0.4 is 4.74 Å². The van der Waals surface area contributed by atoms with Crippen molar-refractivity contribution < 1.29 is 14.3 Å². The molecule has 0 bridgehead atoms. The maximum Gasteiger partial charge on any atom is 0.170 e. The topological polar surface area (TPSA) is 48.4 Å². The van der Waals surface area contributed by atoms with Gasteiger partial charge in [0.1, 0.15) is 19.0 Å². The van der Waals surface area contributed by atoms with Gasteiger partial charge in [-0.25, -0.2) is 0 Å². The number of Topliss-reactive ketones (excluding diaryl/α,β-unsaturated/α-hetero) is 1. The number of benzene rings is 1. The Balaban J connectivity index is 1.74. The first-order valence-corrected chi connectivity index (χ1v) is 7.60. The molecule has 0 aliphatic rings. The molecule has 1 heterocycles. The average molecular weight is 317 g/mol. The monoisotopic (exact) mass is 317 g/mol. The first kappa shape index (κ1) is 16.5. The van der Waals surface area contributed by atoms with Crippen molar-refractivity contribution in [1.82, 2.24) is 4.98 Å². The molecule has 1 aromatic carbocycles. The van der Waals surface area contributed by atoms with Crippen molar-refractivity contribution in [1.29, 1.82) is 0 Å². The maximum absolute atomic E-state index is 11.3. The lowest BCUT2D eigenvalue weighted by Crippen LogP contribution is -2.19. The van der Waals surface area contributed by atoms with Crippen molar-refractivity contribution in [2.45, 2.75) is 12.2 Å². The zero-order valence-electron chi connectivity index (χ0n) is 12.4. The minimum Gasteiger partial charge on any atom is -0.491 e. The van der Waals surface area contributed by atoms with Gasteiger partial charge in [-0.15, -0.1) is 0 Å². The average Bonchev–Trinajstić information content (AvgIpc) is 2.55. The summed E-state index contributed by atoms with van der Waals surface area (Å²) in [6.45, 7) is 2.58. The largest absolute Gasteiger partial charge is 0.491 e. The van der Waals surface area contributed by atoms with E-state index < -0.39 is 0 Å². The molecule has 0 aliphatic heterocycles. The molecule has 1 unspecified atom stereocenters. The van der Waals surface area contributed by atoms with E-state index in [-0.39, 0.29) is 17.6 Å². The molecule has 0 fully saturated rings. The fourth-order valence-electron chi connectivity index (χ4n) is 1.79. The molecule has 0 spiro atoms. The van der Waals surface area contributed by atoms with Crippen molar-refractivity contribution in [3.8, 4) is 16.9 Å². The zero-order chi connectivity index (χ0) is 15.8. The highest BCUT2D eigenvalue weighted by molar-refractivity contribution is 7.81. The van der Waals surface area contributed by atoms with Gasteiger partial charge in [0.05, 0.1) is 11.9 Å². The van der Waals surface area contributed by atoms with Crippen molar-refractivity contribution in [3.05, 3.63) is 48.8 Å². The minimum absolute atomic E-state index is 0.0239. The number of carbonyl (C=O) groups is 1. The fraction of sp³-hybridized carbons (Fsp3) is 0.294. The Morgan fingerprint density at radius 2 is 1.95 bits per heavy atom. The summed E-state index contributed by atoms with van der Waals surface area (Å²) < 4.78 is 10.8. The Kier molecular flexibility index (Phi) is 6.43. The molecule has 22 heavy (non-hydrogen) atoms. The van der Waals surface area contributed by atoms with Gasteiger partial charge in [-0.3, -0.25) is 9.78 Å². The highest BCUT2D eigenvalue weighted by Crippen LogP contribution is 2.21. The highest BCUT2D eigenvalue weighted by atomic mass is 32.1. The number of ether oxygens (including phenoxy) is 2.